The first kappa shape index (κ1) is 13.1. The van der Waals surface area contributed by atoms with Gasteiger partial charge in [0.2, 0.25) is 0 Å². The lowest BCUT2D eigenvalue weighted by Gasteiger charge is -2.02. The monoisotopic (exact) mass is 262 g/mol. The molecule has 1 aromatic heterocycles. The highest BCUT2D eigenvalue weighted by Gasteiger charge is 2.02. The molecule has 0 radical (unpaired) electrons. The van der Waals surface area contributed by atoms with Crippen LogP contribution < -0.4 is 10.1 Å². The highest BCUT2D eigenvalue weighted by molar-refractivity contribution is 7.11. The predicted molar refractivity (Wildman–Crippen MR) is 74.9 cm³/mol. The van der Waals surface area contributed by atoms with Gasteiger partial charge in [0.05, 0.1) is 0 Å². The molecule has 0 saturated carbocycles. The Hall–Kier alpha value is -1.39. The van der Waals surface area contributed by atoms with Crippen molar-refractivity contribution in [2.45, 2.75) is 26.5 Å². The van der Waals surface area contributed by atoms with Crippen LogP contribution in [0.25, 0.3) is 0 Å². The standard InChI is InChI=1S/C14H18N2OS/c1-2-8-15-9-13-10-16-14(18-13)11-17-12-6-4-3-5-7-12/h3-7,10,15H,2,8-9,11H2,1H3. The second kappa shape index (κ2) is 7.13. The van der Waals surface area contributed by atoms with Crippen LogP contribution in [0.5, 0.6) is 5.75 Å². The average Bonchev–Trinajstić information content (AvgIpc) is 2.86. The second-order valence-corrected chi connectivity index (χ2v) is 5.20. The van der Waals surface area contributed by atoms with Crippen molar-refractivity contribution in [3.8, 4) is 5.75 Å². The fourth-order valence-electron chi connectivity index (χ4n) is 1.55. The fourth-order valence-corrected chi connectivity index (χ4v) is 2.35. The Labute approximate surface area is 112 Å². The zero-order chi connectivity index (χ0) is 12.6. The highest BCUT2D eigenvalue weighted by atomic mass is 32.1. The average molecular weight is 262 g/mol. The van der Waals surface area contributed by atoms with Crippen LogP contribution in [-0.2, 0) is 13.2 Å². The Bertz CT molecular complexity index is 456. The molecule has 0 saturated heterocycles. The van der Waals surface area contributed by atoms with Crippen LogP contribution in [0.3, 0.4) is 0 Å². The summed E-state index contributed by atoms with van der Waals surface area (Å²) in [4.78, 5) is 5.62. The number of nitrogens with one attached hydrogen (secondary N) is 1. The quantitative estimate of drug-likeness (QED) is 0.778. The van der Waals surface area contributed by atoms with Crippen LogP contribution in [-0.4, -0.2) is 11.5 Å². The van der Waals surface area contributed by atoms with E-state index >= 15 is 0 Å². The first-order valence-corrected chi connectivity index (χ1v) is 7.02. The minimum absolute atomic E-state index is 0.544. The van der Waals surface area contributed by atoms with Crippen molar-refractivity contribution in [3.05, 3.63) is 46.4 Å². The molecule has 2 rings (SSSR count). The van der Waals surface area contributed by atoms with Gasteiger partial charge in [-0.2, -0.15) is 0 Å². The smallest absolute Gasteiger partial charge is 0.140 e. The zero-order valence-corrected chi connectivity index (χ0v) is 11.4. The van der Waals surface area contributed by atoms with Crippen molar-refractivity contribution in [3.63, 3.8) is 0 Å². The molecule has 2 aromatic rings. The SMILES string of the molecule is CCCNCc1cnc(COc2ccccc2)s1. The predicted octanol–water partition coefficient (Wildman–Crippen LogP) is 3.22. The zero-order valence-electron chi connectivity index (χ0n) is 10.6. The number of hydrogen-bond acceptors (Lipinski definition) is 4. The van der Waals surface area contributed by atoms with Crippen molar-refractivity contribution < 1.29 is 4.74 Å². The molecule has 0 aliphatic rings. The Balaban J connectivity index is 1.80. The van der Waals surface area contributed by atoms with E-state index in [-0.39, 0.29) is 0 Å². The molecule has 0 aliphatic heterocycles. The largest absolute Gasteiger partial charge is 0.486 e. The number of para-hydroxylation sites is 1. The highest BCUT2D eigenvalue weighted by Crippen LogP contribution is 2.16. The van der Waals surface area contributed by atoms with Crippen molar-refractivity contribution in [1.82, 2.24) is 10.3 Å². The third-order valence-corrected chi connectivity index (χ3v) is 3.40. The lowest BCUT2D eigenvalue weighted by Crippen LogP contribution is -2.12. The van der Waals surface area contributed by atoms with Gasteiger partial charge in [0.1, 0.15) is 17.4 Å². The summed E-state index contributed by atoms with van der Waals surface area (Å²) < 4.78 is 5.66. The number of benzene rings is 1. The van der Waals surface area contributed by atoms with E-state index in [0.29, 0.717) is 6.61 Å². The molecule has 96 valence electrons. The van der Waals surface area contributed by atoms with Crippen LogP contribution in [0.2, 0.25) is 0 Å². The molecule has 1 aromatic carbocycles. The Kier molecular flexibility index (Phi) is 5.17. The molecular weight excluding hydrogens is 244 g/mol. The summed E-state index contributed by atoms with van der Waals surface area (Å²) in [7, 11) is 0. The van der Waals surface area contributed by atoms with Gasteiger partial charge in [0.15, 0.2) is 0 Å². The maximum absolute atomic E-state index is 5.66. The lowest BCUT2D eigenvalue weighted by atomic mass is 10.3. The summed E-state index contributed by atoms with van der Waals surface area (Å²) in [5, 5.41) is 4.39. The summed E-state index contributed by atoms with van der Waals surface area (Å²) in [5.41, 5.74) is 0. The molecule has 0 amide bonds. The van der Waals surface area contributed by atoms with E-state index in [4.69, 9.17) is 4.74 Å². The molecule has 3 nitrogen and oxygen atoms in total. The van der Waals surface area contributed by atoms with Crippen LogP contribution in [0.4, 0.5) is 0 Å². The second-order valence-electron chi connectivity index (χ2n) is 4.00. The maximum Gasteiger partial charge on any atom is 0.140 e. The number of aromatic nitrogens is 1. The summed E-state index contributed by atoms with van der Waals surface area (Å²) in [6.07, 6.45) is 3.08. The van der Waals surface area contributed by atoms with Gasteiger partial charge < -0.3 is 10.1 Å². The lowest BCUT2D eigenvalue weighted by molar-refractivity contribution is 0.305. The summed E-state index contributed by atoms with van der Waals surface area (Å²) in [6.45, 7) is 4.66. The van der Waals surface area contributed by atoms with Gasteiger partial charge in [-0.3, -0.25) is 0 Å². The fraction of sp³-hybridized carbons (Fsp3) is 0.357. The van der Waals surface area contributed by atoms with Gasteiger partial charge in [0, 0.05) is 17.6 Å². The van der Waals surface area contributed by atoms with Gasteiger partial charge in [-0.1, -0.05) is 25.1 Å². The molecule has 1 heterocycles. The molecule has 0 unspecified atom stereocenters. The molecule has 18 heavy (non-hydrogen) atoms. The van der Waals surface area contributed by atoms with E-state index in [2.05, 4.69) is 17.2 Å². The van der Waals surface area contributed by atoms with Crippen LogP contribution in [0.1, 0.15) is 23.2 Å². The molecule has 4 heteroatoms. The number of hydrogen-bond donors (Lipinski definition) is 1. The molecular formula is C14H18N2OS. The minimum atomic E-state index is 0.544. The first-order valence-electron chi connectivity index (χ1n) is 6.20. The van der Waals surface area contributed by atoms with Gasteiger partial charge >= 0.3 is 0 Å². The number of ether oxygens (including phenoxy) is 1. The number of nitrogens with zero attached hydrogens (tertiary/aromatic N) is 1. The minimum Gasteiger partial charge on any atom is -0.486 e. The van der Waals surface area contributed by atoms with Crippen molar-refractivity contribution in [2.75, 3.05) is 6.54 Å². The Morgan fingerprint density at radius 2 is 2.11 bits per heavy atom. The van der Waals surface area contributed by atoms with Crippen molar-refractivity contribution in [1.29, 1.82) is 0 Å². The molecule has 0 spiro atoms. The third-order valence-electron chi connectivity index (χ3n) is 2.43. The Morgan fingerprint density at radius 3 is 2.89 bits per heavy atom. The van der Waals surface area contributed by atoms with Gasteiger partial charge in [-0.15, -0.1) is 11.3 Å². The van der Waals surface area contributed by atoms with E-state index < -0.39 is 0 Å². The topological polar surface area (TPSA) is 34.2 Å². The molecule has 1 N–H and O–H groups in total. The van der Waals surface area contributed by atoms with E-state index in [0.717, 1.165) is 30.3 Å². The van der Waals surface area contributed by atoms with Crippen LogP contribution in [0, 0.1) is 0 Å². The number of rotatable bonds is 7. The first-order chi connectivity index (χ1) is 8.88. The van der Waals surface area contributed by atoms with Crippen LogP contribution >= 0.6 is 11.3 Å². The van der Waals surface area contributed by atoms with Crippen molar-refractivity contribution in [2.24, 2.45) is 0 Å². The summed E-state index contributed by atoms with van der Waals surface area (Å²) in [6, 6.07) is 9.83. The van der Waals surface area contributed by atoms with Crippen LogP contribution in [0.15, 0.2) is 36.5 Å². The maximum atomic E-state index is 5.66. The normalized spacial score (nSPS) is 10.5. The third kappa shape index (κ3) is 4.13. The number of thiazole rings is 1. The van der Waals surface area contributed by atoms with Gasteiger partial charge in [0.25, 0.3) is 0 Å². The molecule has 0 fully saturated rings. The molecule has 0 atom stereocenters. The van der Waals surface area contributed by atoms with Gasteiger partial charge in [-0.05, 0) is 25.1 Å². The summed E-state index contributed by atoms with van der Waals surface area (Å²) in [5.74, 6) is 0.887. The molecule has 0 bridgehead atoms. The summed E-state index contributed by atoms with van der Waals surface area (Å²) >= 11 is 1.70. The van der Waals surface area contributed by atoms with E-state index in [1.807, 2.05) is 36.5 Å². The molecule has 0 aliphatic carbocycles. The Morgan fingerprint density at radius 1 is 1.28 bits per heavy atom. The van der Waals surface area contributed by atoms with Gasteiger partial charge in [-0.25, -0.2) is 4.98 Å². The van der Waals surface area contributed by atoms with E-state index in [1.165, 1.54) is 4.88 Å². The van der Waals surface area contributed by atoms with Crippen molar-refractivity contribution >= 4 is 11.3 Å². The van der Waals surface area contributed by atoms with E-state index in [9.17, 15) is 0 Å². The van der Waals surface area contributed by atoms with E-state index in [1.54, 1.807) is 11.3 Å².